The second-order valence-corrected chi connectivity index (χ2v) is 3.38. The van der Waals surface area contributed by atoms with Gasteiger partial charge in [-0.2, -0.15) is 0 Å². The van der Waals surface area contributed by atoms with Gasteiger partial charge in [-0.15, -0.1) is 0 Å². The summed E-state index contributed by atoms with van der Waals surface area (Å²) >= 11 is 0. The molecule has 1 aromatic carbocycles. The molecule has 0 radical (unpaired) electrons. The van der Waals surface area contributed by atoms with Crippen molar-refractivity contribution in [2.45, 2.75) is 13.8 Å². The Morgan fingerprint density at radius 1 is 1.25 bits per heavy atom. The number of esters is 1. The number of hydrogen-bond donors (Lipinski definition) is 0. The zero-order chi connectivity index (χ0) is 11.8. The number of rotatable bonds is 4. The third-order valence-corrected chi connectivity index (χ3v) is 1.96. The zero-order valence-corrected chi connectivity index (χ0v) is 9.64. The first-order chi connectivity index (χ1) is 7.72. The van der Waals surface area contributed by atoms with Crippen molar-refractivity contribution >= 4 is 12.0 Å². The van der Waals surface area contributed by atoms with Gasteiger partial charge in [-0.05, 0) is 19.4 Å². The van der Waals surface area contributed by atoms with E-state index in [2.05, 4.69) is 0 Å². The molecular weight excluding hydrogens is 200 g/mol. The van der Waals surface area contributed by atoms with Gasteiger partial charge in [0.2, 0.25) is 0 Å². The Morgan fingerprint density at radius 2 is 1.94 bits per heavy atom. The van der Waals surface area contributed by atoms with Gasteiger partial charge >= 0.3 is 5.97 Å². The predicted octanol–water partition coefficient (Wildman–Crippen LogP) is 3.21. The molecule has 0 unspecified atom stereocenters. The molecule has 0 aliphatic rings. The van der Waals surface area contributed by atoms with Crippen molar-refractivity contribution in [3.63, 3.8) is 0 Å². The van der Waals surface area contributed by atoms with E-state index in [1.807, 2.05) is 43.3 Å². The molecule has 0 heterocycles. The van der Waals surface area contributed by atoms with Crippen molar-refractivity contribution in [3.8, 4) is 0 Å². The number of benzene rings is 1. The fourth-order valence-electron chi connectivity index (χ4n) is 1.25. The van der Waals surface area contributed by atoms with Crippen LogP contribution in [0.15, 0.2) is 48.1 Å². The molecule has 1 aromatic rings. The highest BCUT2D eigenvalue weighted by molar-refractivity contribution is 5.82. The minimum absolute atomic E-state index is 0.302. The second kappa shape index (κ2) is 6.62. The third-order valence-electron chi connectivity index (χ3n) is 1.96. The molecule has 0 bridgehead atoms. The van der Waals surface area contributed by atoms with E-state index in [-0.39, 0.29) is 5.97 Å². The lowest BCUT2D eigenvalue weighted by atomic mass is 10.1. The van der Waals surface area contributed by atoms with Gasteiger partial charge in [-0.1, -0.05) is 48.1 Å². The lowest BCUT2D eigenvalue weighted by Crippen LogP contribution is -1.98. The molecule has 0 aromatic heterocycles. The van der Waals surface area contributed by atoms with Crippen molar-refractivity contribution in [2.75, 3.05) is 6.61 Å². The van der Waals surface area contributed by atoms with Crippen molar-refractivity contribution in [2.24, 2.45) is 0 Å². The zero-order valence-electron chi connectivity index (χ0n) is 9.64. The number of carbonyl (C=O) groups excluding carboxylic acids is 1. The molecule has 2 nitrogen and oxygen atoms in total. The van der Waals surface area contributed by atoms with Crippen molar-refractivity contribution in [3.05, 3.63) is 53.6 Å². The van der Waals surface area contributed by atoms with Crippen LogP contribution in [0.25, 0.3) is 6.08 Å². The highest BCUT2D eigenvalue weighted by Gasteiger charge is 1.93. The molecule has 0 N–H and O–H groups in total. The molecule has 0 saturated heterocycles. The molecule has 0 fully saturated rings. The lowest BCUT2D eigenvalue weighted by molar-refractivity contribution is -0.137. The van der Waals surface area contributed by atoms with Gasteiger partial charge in [-0.25, -0.2) is 4.79 Å². The van der Waals surface area contributed by atoms with E-state index >= 15 is 0 Å². The normalized spacial score (nSPS) is 11.8. The van der Waals surface area contributed by atoms with Gasteiger partial charge in [0.25, 0.3) is 0 Å². The minimum atomic E-state index is -0.302. The van der Waals surface area contributed by atoms with Crippen LogP contribution in [0.4, 0.5) is 0 Å². The maximum Gasteiger partial charge on any atom is 0.330 e. The van der Waals surface area contributed by atoms with Gasteiger partial charge in [0.1, 0.15) is 0 Å². The standard InChI is InChI=1S/C14H16O2/c1-3-16-14(15)10-9-12(2)11-13-7-5-4-6-8-13/h4-11H,3H2,1-2H3. The number of carbonyl (C=O) groups is 1. The number of ether oxygens (including phenoxy) is 1. The smallest absolute Gasteiger partial charge is 0.330 e. The summed E-state index contributed by atoms with van der Waals surface area (Å²) in [5, 5.41) is 0. The Hall–Kier alpha value is -1.83. The molecule has 1 rings (SSSR count). The molecule has 16 heavy (non-hydrogen) atoms. The fourth-order valence-corrected chi connectivity index (χ4v) is 1.25. The van der Waals surface area contributed by atoms with Gasteiger partial charge in [0.15, 0.2) is 0 Å². The first kappa shape index (κ1) is 12.2. The third kappa shape index (κ3) is 4.60. The van der Waals surface area contributed by atoms with Crippen LogP contribution in [0.5, 0.6) is 0 Å². The SMILES string of the molecule is CCOC(=O)C=CC(C)=Cc1ccccc1. The van der Waals surface area contributed by atoms with E-state index in [9.17, 15) is 4.79 Å². The van der Waals surface area contributed by atoms with Crippen molar-refractivity contribution in [1.29, 1.82) is 0 Å². The highest BCUT2D eigenvalue weighted by atomic mass is 16.5. The van der Waals surface area contributed by atoms with Crippen LogP contribution in [0.2, 0.25) is 0 Å². The lowest BCUT2D eigenvalue weighted by Gasteiger charge is -1.96. The van der Waals surface area contributed by atoms with Crippen molar-refractivity contribution in [1.82, 2.24) is 0 Å². The van der Waals surface area contributed by atoms with Crippen LogP contribution in [0.1, 0.15) is 19.4 Å². The number of hydrogen-bond acceptors (Lipinski definition) is 2. The molecule has 0 aliphatic carbocycles. The first-order valence-corrected chi connectivity index (χ1v) is 5.30. The Bertz CT molecular complexity index is 388. The van der Waals surface area contributed by atoms with E-state index in [1.54, 1.807) is 13.0 Å². The van der Waals surface area contributed by atoms with Gasteiger partial charge in [0.05, 0.1) is 6.61 Å². The summed E-state index contributed by atoms with van der Waals surface area (Å²) in [6.07, 6.45) is 5.21. The van der Waals surface area contributed by atoms with Crippen LogP contribution >= 0.6 is 0 Å². The van der Waals surface area contributed by atoms with E-state index in [4.69, 9.17) is 4.74 Å². The Labute approximate surface area is 96.2 Å². The molecule has 84 valence electrons. The summed E-state index contributed by atoms with van der Waals surface area (Å²) in [6.45, 7) is 4.14. The Kier molecular flexibility index (Phi) is 5.06. The van der Waals surface area contributed by atoms with Gasteiger partial charge < -0.3 is 4.74 Å². The van der Waals surface area contributed by atoms with E-state index in [1.165, 1.54) is 6.08 Å². The van der Waals surface area contributed by atoms with E-state index in [0.717, 1.165) is 11.1 Å². The van der Waals surface area contributed by atoms with Crippen LogP contribution < -0.4 is 0 Å². The van der Waals surface area contributed by atoms with Crippen molar-refractivity contribution < 1.29 is 9.53 Å². The maximum absolute atomic E-state index is 11.1. The summed E-state index contributed by atoms with van der Waals surface area (Å²) in [5.74, 6) is -0.302. The Morgan fingerprint density at radius 3 is 2.56 bits per heavy atom. The summed E-state index contributed by atoms with van der Waals surface area (Å²) in [7, 11) is 0. The molecule has 0 atom stereocenters. The minimum Gasteiger partial charge on any atom is -0.463 e. The highest BCUT2D eigenvalue weighted by Crippen LogP contribution is 2.06. The molecule has 2 heteroatoms. The molecule has 0 aliphatic heterocycles. The van der Waals surface area contributed by atoms with Crippen LogP contribution in [-0.4, -0.2) is 12.6 Å². The summed E-state index contributed by atoms with van der Waals surface area (Å²) in [4.78, 5) is 11.1. The van der Waals surface area contributed by atoms with Gasteiger partial charge in [-0.3, -0.25) is 0 Å². The number of allylic oxidation sites excluding steroid dienone is 2. The van der Waals surface area contributed by atoms with E-state index < -0.39 is 0 Å². The second-order valence-electron chi connectivity index (χ2n) is 3.38. The summed E-state index contributed by atoms with van der Waals surface area (Å²) < 4.78 is 4.79. The largest absolute Gasteiger partial charge is 0.463 e. The average molecular weight is 216 g/mol. The van der Waals surface area contributed by atoms with Crippen LogP contribution in [-0.2, 0) is 9.53 Å². The van der Waals surface area contributed by atoms with Crippen LogP contribution in [0, 0.1) is 0 Å². The monoisotopic (exact) mass is 216 g/mol. The molecule has 0 saturated carbocycles. The summed E-state index contributed by atoms with van der Waals surface area (Å²) in [6, 6.07) is 9.97. The van der Waals surface area contributed by atoms with E-state index in [0.29, 0.717) is 6.61 Å². The fraction of sp³-hybridized carbons (Fsp3) is 0.214. The van der Waals surface area contributed by atoms with Gasteiger partial charge in [0, 0.05) is 6.08 Å². The molecule has 0 spiro atoms. The first-order valence-electron chi connectivity index (χ1n) is 5.30. The maximum atomic E-state index is 11.1. The quantitative estimate of drug-likeness (QED) is 0.439. The predicted molar refractivity (Wildman–Crippen MR) is 65.9 cm³/mol. The molecule has 0 amide bonds. The topological polar surface area (TPSA) is 26.3 Å². The Balaban J connectivity index is 2.62. The molecular formula is C14H16O2. The average Bonchev–Trinajstić information content (AvgIpc) is 2.28. The van der Waals surface area contributed by atoms with Crippen LogP contribution in [0.3, 0.4) is 0 Å². The summed E-state index contributed by atoms with van der Waals surface area (Å²) in [5.41, 5.74) is 2.13.